The number of hydrogen-bond acceptors (Lipinski definition) is 3. The van der Waals surface area contributed by atoms with E-state index in [1.807, 2.05) is 26.0 Å². The Morgan fingerprint density at radius 2 is 2.16 bits per heavy atom. The molecule has 0 bridgehead atoms. The molecular formula is C14H21ClN2O2. The van der Waals surface area contributed by atoms with E-state index in [0.717, 1.165) is 0 Å². The summed E-state index contributed by atoms with van der Waals surface area (Å²) >= 11 is 6.01. The summed E-state index contributed by atoms with van der Waals surface area (Å²) < 4.78 is 5.65. The Bertz CT molecular complexity index is 412. The molecule has 0 aromatic heterocycles. The summed E-state index contributed by atoms with van der Waals surface area (Å²) in [6.45, 7) is 4.98. The second-order valence-electron chi connectivity index (χ2n) is 4.53. The molecule has 1 rings (SSSR count). The van der Waals surface area contributed by atoms with Crippen LogP contribution in [0.4, 0.5) is 0 Å². The molecule has 0 radical (unpaired) electrons. The van der Waals surface area contributed by atoms with Gasteiger partial charge in [0.05, 0.1) is 5.02 Å². The zero-order chi connectivity index (χ0) is 14.3. The molecule has 106 valence electrons. The monoisotopic (exact) mass is 284 g/mol. The molecule has 1 aromatic carbocycles. The molecule has 0 fully saturated rings. The average molecular weight is 285 g/mol. The van der Waals surface area contributed by atoms with Crippen LogP contribution in [0, 0.1) is 5.92 Å². The van der Waals surface area contributed by atoms with Crippen LogP contribution in [0.25, 0.3) is 0 Å². The summed E-state index contributed by atoms with van der Waals surface area (Å²) in [4.78, 5) is 12.0. The smallest absolute Gasteiger partial charge is 0.261 e. The van der Waals surface area contributed by atoms with Gasteiger partial charge in [0.2, 0.25) is 0 Å². The van der Waals surface area contributed by atoms with Gasteiger partial charge in [-0.15, -0.1) is 0 Å². The molecule has 0 saturated heterocycles. The average Bonchev–Trinajstić information content (AvgIpc) is 2.43. The maximum absolute atomic E-state index is 12.0. The number of amides is 1. The number of carbonyl (C=O) groups excluding carboxylic acids is 1. The Kier molecular flexibility index (Phi) is 6.67. The third kappa shape index (κ3) is 5.09. The zero-order valence-corrected chi connectivity index (χ0v) is 12.1. The van der Waals surface area contributed by atoms with Gasteiger partial charge in [-0.1, -0.05) is 37.6 Å². The Balaban J connectivity index is 2.58. The minimum absolute atomic E-state index is 0.136. The minimum atomic E-state index is -0.537. The van der Waals surface area contributed by atoms with E-state index in [1.165, 1.54) is 0 Å². The molecule has 2 atom stereocenters. The predicted octanol–water partition coefficient (Wildman–Crippen LogP) is 2.21. The molecule has 0 spiro atoms. The second kappa shape index (κ2) is 8.02. The summed E-state index contributed by atoms with van der Waals surface area (Å²) in [5.74, 6) is 0.641. The van der Waals surface area contributed by atoms with Crippen LogP contribution in [0.2, 0.25) is 5.02 Å². The highest BCUT2D eigenvalue weighted by Gasteiger charge is 2.19. The molecule has 0 saturated carbocycles. The number of hydrogen-bond donors (Lipinski definition) is 2. The van der Waals surface area contributed by atoms with Gasteiger partial charge in [0, 0.05) is 6.54 Å². The highest BCUT2D eigenvalue weighted by atomic mass is 35.5. The van der Waals surface area contributed by atoms with Gasteiger partial charge in [0.15, 0.2) is 6.10 Å². The van der Waals surface area contributed by atoms with Crippen molar-refractivity contribution in [3.05, 3.63) is 29.3 Å². The van der Waals surface area contributed by atoms with E-state index < -0.39 is 6.10 Å². The first-order valence-corrected chi connectivity index (χ1v) is 6.85. The molecule has 0 heterocycles. The van der Waals surface area contributed by atoms with Gasteiger partial charge in [-0.3, -0.25) is 4.79 Å². The van der Waals surface area contributed by atoms with Crippen molar-refractivity contribution in [3.8, 4) is 5.75 Å². The fraction of sp³-hybridized carbons (Fsp3) is 0.500. The van der Waals surface area contributed by atoms with Crippen molar-refractivity contribution in [1.82, 2.24) is 5.32 Å². The van der Waals surface area contributed by atoms with Crippen molar-refractivity contribution >= 4 is 17.5 Å². The van der Waals surface area contributed by atoms with Crippen LogP contribution in [-0.4, -0.2) is 25.1 Å². The first-order chi connectivity index (χ1) is 9.08. The van der Waals surface area contributed by atoms with E-state index in [0.29, 0.717) is 30.3 Å². The van der Waals surface area contributed by atoms with E-state index >= 15 is 0 Å². The van der Waals surface area contributed by atoms with Crippen molar-refractivity contribution < 1.29 is 9.53 Å². The molecule has 0 aliphatic carbocycles. The summed E-state index contributed by atoms with van der Waals surface area (Å²) in [5.41, 5.74) is 5.51. The molecule has 0 aliphatic rings. The Labute approximate surface area is 119 Å². The normalized spacial score (nSPS) is 13.7. The predicted molar refractivity (Wildman–Crippen MR) is 77.4 cm³/mol. The summed E-state index contributed by atoms with van der Waals surface area (Å²) in [5, 5.41) is 3.34. The van der Waals surface area contributed by atoms with Crippen LogP contribution in [0.1, 0.15) is 20.3 Å². The molecule has 1 amide bonds. The number of nitrogens with one attached hydrogen (secondary N) is 1. The van der Waals surface area contributed by atoms with Crippen LogP contribution in [-0.2, 0) is 4.79 Å². The van der Waals surface area contributed by atoms with E-state index in [9.17, 15) is 4.79 Å². The maximum Gasteiger partial charge on any atom is 0.261 e. The van der Waals surface area contributed by atoms with Crippen molar-refractivity contribution in [2.24, 2.45) is 11.7 Å². The van der Waals surface area contributed by atoms with Gasteiger partial charge in [0.25, 0.3) is 5.91 Å². The van der Waals surface area contributed by atoms with Gasteiger partial charge in [-0.25, -0.2) is 0 Å². The van der Waals surface area contributed by atoms with Gasteiger partial charge in [-0.2, -0.15) is 0 Å². The minimum Gasteiger partial charge on any atom is -0.479 e. The maximum atomic E-state index is 12.0. The highest BCUT2D eigenvalue weighted by molar-refractivity contribution is 6.32. The van der Waals surface area contributed by atoms with Gasteiger partial charge in [-0.05, 0) is 31.0 Å². The molecule has 0 aliphatic heterocycles. The number of carbonyl (C=O) groups is 1. The lowest BCUT2D eigenvalue weighted by molar-refractivity contribution is -0.128. The Hall–Kier alpha value is -1.26. The summed E-state index contributed by atoms with van der Waals surface area (Å²) in [6, 6.07) is 7.13. The van der Waals surface area contributed by atoms with Gasteiger partial charge < -0.3 is 15.8 Å². The molecule has 2 unspecified atom stereocenters. The third-order valence-electron chi connectivity index (χ3n) is 2.80. The first kappa shape index (κ1) is 15.8. The van der Waals surface area contributed by atoms with E-state index in [2.05, 4.69) is 5.32 Å². The number of nitrogens with two attached hydrogens (primary N) is 1. The topological polar surface area (TPSA) is 64.3 Å². The van der Waals surface area contributed by atoms with E-state index in [4.69, 9.17) is 22.1 Å². The standard InChI is InChI=1S/C14H21ClN2O2/c1-3-12(14(18)17-9-10(2)8-16)19-13-7-5-4-6-11(13)15/h4-7,10,12H,3,8-9,16H2,1-2H3,(H,17,18). The number of ether oxygens (including phenoxy) is 1. The number of rotatable bonds is 7. The van der Waals surface area contributed by atoms with Crippen molar-refractivity contribution in [2.45, 2.75) is 26.4 Å². The Morgan fingerprint density at radius 3 is 2.74 bits per heavy atom. The lowest BCUT2D eigenvalue weighted by Crippen LogP contribution is -2.40. The van der Waals surface area contributed by atoms with Crippen LogP contribution < -0.4 is 15.8 Å². The second-order valence-corrected chi connectivity index (χ2v) is 4.94. The van der Waals surface area contributed by atoms with Crippen molar-refractivity contribution in [2.75, 3.05) is 13.1 Å². The summed E-state index contributed by atoms with van der Waals surface area (Å²) in [6.07, 6.45) is 0.0403. The summed E-state index contributed by atoms with van der Waals surface area (Å²) in [7, 11) is 0. The lowest BCUT2D eigenvalue weighted by atomic mass is 10.2. The highest BCUT2D eigenvalue weighted by Crippen LogP contribution is 2.24. The molecular weight excluding hydrogens is 264 g/mol. The molecule has 4 nitrogen and oxygen atoms in total. The van der Waals surface area contributed by atoms with Gasteiger partial charge in [0.1, 0.15) is 5.75 Å². The third-order valence-corrected chi connectivity index (χ3v) is 3.11. The van der Waals surface area contributed by atoms with Crippen LogP contribution in [0.3, 0.4) is 0 Å². The van der Waals surface area contributed by atoms with Crippen molar-refractivity contribution in [1.29, 1.82) is 0 Å². The molecule has 19 heavy (non-hydrogen) atoms. The molecule has 3 N–H and O–H groups in total. The van der Waals surface area contributed by atoms with Gasteiger partial charge >= 0.3 is 0 Å². The van der Waals surface area contributed by atoms with Crippen molar-refractivity contribution in [3.63, 3.8) is 0 Å². The van der Waals surface area contributed by atoms with Crippen LogP contribution in [0.5, 0.6) is 5.75 Å². The molecule has 1 aromatic rings. The Morgan fingerprint density at radius 1 is 1.47 bits per heavy atom. The zero-order valence-electron chi connectivity index (χ0n) is 11.4. The van der Waals surface area contributed by atoms with E-state index in [-0.39, 0.29) is 11.8 Å². The first-order valence-electron chi connectivity index (χ1n) is 6.47. The SMILES string of the molecule is CCC(Oc1ccccc1Cl)C(=O)NCC(C)CN. The lowest BCUT2D eigenvalue weighted by Gasteiger charge is -2.19. The van der Waals surface area contributed by atoms with E-state index in [1.54, 1.807) is 12.1 Å². The number of benzene rings is 1. The largest absolute Gasteiger partial charge is 0.479 e. The van der Waals surface area contributed by atoms with Crippen LogP contribution >= 0.6 is 11.6 Å². The quantitative estimate of drug-likeness (QED) is 0.807. The van der Waals surface area contributed by atoms with Crippen LogP contribution in [0.15, 0.2) is 24.3 Å². The fourth-order valence-electron chi connectivity index (χ4n) is 1.49. The molecule has 5 heteroatoms. The number of halogens is 1. The fourth-order valence-corrected chi connectivity index (χ4v) is 1.67. The number of para-hydroxylation sites is 1.